The highest BCUT2D eigenvalue weighted by atomic mass is 35.5. The molecule has 0 amide bonds. The molecule has 0 aromatic heterocycles. The van der Waals surface area contributed by atoms with Crippen molar-refractivity contribution in [2.45, 2.75) is 32.1 Å². The van der Waals surface area contributed by atoms with Gasteiger partial charge in [-0.2, -0.15) is 0 Å². The van der Waals surface area contributed by atoms with Gasteiger partial charge in [0.25, 0.3) is 0 Å². The van der Waals surface area contributed by atoms with E-state index in [0.717, 1.165) is 11.1 Å². The summed E-state index contributed by atoms with van der Waals surface area (Å²) in [7, 11) is 1.59. The van der Waals surface area contributed by atoms with Crippen LogP contribution in [0, 0.1) is 11.3 Å². The zero-order valence-corrected chi connectivity index (χ0v) is 20.4. The van der Waals surface area contributed by atoms with Crippen LogP contribution in [0.4, 0.5) is 0 Å². The second-order valence-electron chi connectivity index (χ2n) is 9.01. The van der Waals surface area contributed by atoms with Gasteiger partial charge in [-0.05, 0) is 59.7 Å². The van der Waals surface area contributed by atoms with E-state index in [-0.39, 0.29) is 35.7 Å². The molecular formula is C28H26Cl2O3. The van der Waals surface area contributed by atoms with Crippen LogP contribution < -0.4 is 4.74 Å². The van der Waals surface area contributed by atoms with Gasteiger partial charge in [-0.25, -0.2) is 0 Å². The van der Waals surface area contributed by atoms with Crippen LogP contribution in [-0.2, 0) is 4.79 Å². The molecule has 0 heterocycles. The lowest BCUT2D eigenvalue weighted by molar-refractivity contribution is -0.128. The third kappa shape index (κ3) is 4.45. The van der Waals surface area contributed by atoms with Crippen molar-refractivity contribution in [2.24, 2.45) is 11.3 Å². The van der Waals surface area contributed by atoms with E-state index in [1.165, 1.54) is 0 Å². The lowest BCUT2D eigenvalue weighted by Gasteiger charge is -2.33. The Kier molecular flexibility index (Phi) is 6.65. The minimum atomic E-state index is -0.867. The third-order valence-electron chi connectivity index (χ3n) is 6.98. The molecule has 0 unspecified atom stereocenters. The quantitative estimate of drug-likeness (QED) is 0.345. The van der Waals surface area contributed by atoms with Crippen molar-refractivity contribution in [3.63, 3.8) is 0 Å². The average Bonchev–Trinajstić information content (AvgIpc) is 3.01. The minimum absolute atomic E-state index is 0.0589. The van der Waals surface area contributed by atoms with Gasteiger partial charge >= 0.3 is 0 Å². The van der Waals surface area contributed by atoms with E-state index in [1.54, 1.807) is 31.4 Å². The summed E-state index contributed by atoms with van der Waals surface area (Å²) >= 11 is 12.3. The Morgan fingerprint density at radius 2 is 1.39 bits per heavy atom. The van der Waals surface area contributed by atoms with Crippen molar-refractivity contribution in [1.82, 2.24) is 0 Å². The number of Topliss-reactive ketones (excluding diaryl/α,β-unsaturated/α-hetero) is 2. The van der Waals surface area contributed by atoms with Gasteiger partial charge in [-0.1, -0.05) is 61.3 Å². The van der Waals surface area contributed by atoms with E-state index in [4.69, 9.17) is 27.9 Å². The lowest BCUT2D eigenvalue weighted by atomic mass is 9.68. The highest BCUT2D eigenvalue weighted by Gasteiger charge is 2.57. The Balaban J connectivity index is 1.77. The minimum Gasteiger partial charge on any atom is -0.497 e. The maximum absolute atomic E-state index is 13.8. The molecule has 5 heteroatoms. The predicted molar refractivity (Wildman–Crippen MR) is 133 cm³/mol. The number of benzene rings is 3. The molecule has 0 radical (unpaired) electrons. The van der Waals surface area contributed by atoms with Gasteiger partial charge in [0.15, 0.2) is 5.78 Å². The topological polar surface area (TPSA) is 43.4 Å². The maximum atomic E-state index is 13.8. The van der Waals surface area contributed by atoms with Crippen molar-refractivity contribution in [2.75, 3.05) is 7.11 Å². The molecule has 33 heavy (non-hydrogen) atoms. The van der Waals surface area contributed by atoms with E-state index in [0.29, 0.717) is 21.4 Å². The van der Waals surface area contributed by atoms with Crippen LogP contribution in [0.15, 0.2) is 72.8 Å². The van der Waals surface area contributed by atoms with Crippen LogP contribution in [0.25, 0.3) is 0 Å². The summed E-state index contributed by atoms with van der Waals surface area (Å²) < 4.78 is 5.20. The molecule has 0 bridgehead atoms. The molecule has 1 aliphatic carbocycles. The molecule has 1 aliphatic rings. The number of carbonyl (C=O) groups excluding carboxylic acids is 2. The number of hydrogen-bond acceptors (Lipinski definition) is 3. The highest BCUT2D eigenvalue weighted by molar-refractivity contribution is 6.30. The van der Waals surface area contributed by atoms with Crippen LogP contribution >= 0.6 is 23.2 Å². The van der Waals surface area contributed by atoms with Crippen LogP contribution in [0.1, 0.15) is 53.6 Å². The zero-order chi connectivity index (χ0) is 23.8. The molecule has 0 saturated heterocycles. The average molecular weight is 481 g/mol. The van der Waals surface area contributed by atoms with Gasteiger partial charge in [0.2, 0.25) is 0 Å². The van der Waals surface area contributed by atoms with Crippen LogP contribution in [0.3, 0.4) is 0 Å². The first-order chi connectivity index (χ1) is 15.7. The van der Waals surface area contributed by atoms with Crippen LogP contribution in [-0.4, -0.2) is 18.7 Å². The summed E-state index contributed by atoms with van der Waals surface area (Å²) in [6, 6.07) is 22.3. The standard InChI is InChI=1S/C28H26Cl2O3/c1-17-25(19-4-10-21(29)11-5-19)26(20-6-12-22(30)13-7-20)28(2,27(17)32)16-24(31)18-8-14-23(33-3)15-9-18/h4-15,17,25-26H,16H2,1-3H3/t17-,25+,26+,28-/m0/s1. The molecule has 0 N–H and O–H groups in total. The van der Waals surface area contributed by atoms with Crippen LogP contribution in [0.2, 0.25) is 10.0 Å². The van der Waals surface area contributed by atoms with Crippen molar-refractivity contribution >= 4 is 34.8 Å². The van der Waals surface area contributed by atoms with Gasteiger partial charge < -0.3 is 4.74 Å². The second-order valence-corrected chi connectivity index (χ2v) is 9.88. The summed E-state index contributed by atoms with van der Waals surface area (Å²) in [5.74, 6) is 0.219. The zero-order valence-electron chi connectivity index (χ0n) is 18.8. The fourth-order valence-electron chi connectivity index (χ4n) is 5.34. The number of methoxy groups -OCH3 is 1. The monoisotopic (exact) mass is 480 g/mol. The van der Waals surface area contributed by atoms with Gasteiger partial charge in [0.05, 0.1) is 7.11 Å². The molecule has 4 atom stereocenters. The fraction of sp³-hybridized carbons (Fsp3) is 0.286. The SMILES string of the molecule is COc1ccc(C(=O)C[C@]2(C)C(=O)[C@@H](C)[C@H](c3ccc(Cl)cc3)[C@H]2c2ccc(Cl)cc2)cc1. The molecule has 170 valence electrons. The smallest absolute Gasteiger partial charge is 0.163 e. The van der Waals surface area contributed by atoms with Gasteiger partial charge in [0.1, 0.15) is 11.5 Å². The van der Waals surface area contributed by atoms with Gasteiger partial charge in [-0.15, -0.1) is 0 Å². The van der Waals surface area contributed by atoms with Crippen molar-refractivity contribution < 1.29 is 14.3 Å². The lowest BCUT2D eigenvalue weighted by Crippen LogP contribution is -2.32. The maximum Gasteiger partial charge on any atom is 0.163 e. The normalized spacial score (nSPS) is 24.6. The Morgan fingerprint density at radius 1 is 0.879 bits per heavy atom. The number of ketones is 2. The first-order valence-corrected chi connectivity index (χ1v) is 11.7. The molecule has 4 rings (SSSR count). The van der Waals surface area contributed by atoms with E-state index in [1.807, 2.05) is 62.4 Å². The fourth-order valence-corrected chi connectivity index (χ4v) is 5.59. The molecule has 1 fully saturated rings. The Labute approximate surface area is 204 Å². The summed E-state index contributed by atoms with van der Waals surface area (Å²) in [5, 5.41) is 1.28. The first kappa shape index (κ1) is 23.5. The number of rotatable bonds is 6. The van der Waals surface area contributed by atoms with Crippen LogP contribution in [0.5, 0.6) is 5.75 Å². The van der Waals surface area contributed by atoms with E-state index in [9.17, 15) is 9.59 Å². The molecule has 0 aliphatic heterocycles. The summed E-state index contributed by atoms with van der Waals surface area (Å²) in [5.41, 5.74) is 1.75. The summed E-state index contributed by atoms with van der Waals surface area (Å²) in [4.78, 5) is 27.1. The molecule has 0 spiro atoms. The van der Waals surface area contributed by atoms with Gasteiger partial charge in [0, 0.05) is 45.2 Å². The van der Waals surface area contributed by atoms with E-state index >= 15 is 0 Å². The number of ether oxygens (including phenoxy) is 1. The Morgan fingerprint density at radius 3 is 1.91 bits per heavy atom. The number of hydrogen-bond donors (Lipinski definition) is 0. The highest BCUT2D eigenvalue weighted by Crippen LogP contribution is 2.59. The molecule has 3 aromatic rings. The Bertz CT molecular complexity index is 1150. The number of halogens is 2. The van der Waals surface area contributed by atoms with Gasteiger partial charge in [-0.3, -0.25) is 9.59 Å². The molecule has 3 nitrogen and oxygen atoms in total. The first-order valence-electron chi connectivity index (χ1n) is 11.0. The third-order valence-corrected chi connectivity index (χ3v) is 7.49. The predicted octanol–water partition coefficient (Wildman–Crippen LogP) is 7.37. The summed E-state index contributed by atoms with van der Waals surface area (Å²) in [6.45, 7) is 3.90. The van der Waals surface area contributed by atoms with Crippen molar-refractivity contribution in [3.05, 3.63) is 99.5 Å². The Hall–Kier alpha value is -2.62. The van der Waals surface area contributed by atoms with E-state index in [2.05, 4.69) is 0 Å². The molecular weight excluding hydrogens is 455 g/mol. The number of carbonyl (C=O) groups is 2. The van der Waals surface area contributed by atoms with Crippen molar-refractivity contribution in [3.8, 4) is 5.75 Å². The molecule has 3 aromatic carbocycles. The summed E-state index contributed by atoms with van der Waals surface area (Å²) in [6.07, 6.45) is 0.125. The van der Waals surface area contributed by atoms with Crippen molar-refractivity contribution in [1.29, 1.82) is 0 Å². The second kappa shape index (κ2) is 9.32. The largest absolute Gasteiger partial charge is 0.497 e. The molecule has 1 saturated carbocycles. The van der Waals surface area contributed by atoms with E-state index < -0.39 is 5.41 Å².